The van der Waals surface area contributed by atoms with Gasteiger partial charge in [-0.1, -0.05) is 13.8 Å². The van der Waals surface area contributed by atoms with E-state index in [1.807, 2.05) is 24.3 Å². The molecule has 5 rings (SSSR count). The Morgan fingerprint density at radius 2 is 1.68 bits per heavy atom. The van der Waals surface area contributed by atoms with Crippen LogP contribution in [0.4, 0.5) is 28.0 Å². The first-order valence-corrected chi connectivity index (χ1v) is 16.5. The van der Waals surface area contributed by atoms with Crippen LogP contribution in [-0.2, 0) is 20.5 Å². The fourth-order valence-corrected chi connectivity index (χ4v) is 8.37. The summed E-state index contributed by atoms with van der Waals surface area (Å²) in [5.41, 5.74) is -2.62. The van der Waals surface area contributed by atoms with Crippen molar-refractivity contribution in [1.29, 1.82) is 0 Å². The number of carbonyl (C=O) groups excluding carboxylic acids is 4. The molecule has 3 fully saturated rings. The third-order valence-corrected chi connectivity index (χ3v) is 11.4. The molecule has 3 aliphatic rings. The molecule has 0 aliphatic carbocycles. The second-order valence-corrected chi connectivity index (χ2v) is 15.2. The number of rotatable bonds is 7. The van der Waals surface area contributed by atoms with Gasteiger partial charge in [0.15, 0.2) is 0 Å². The maximum atomic E-state index is 14.4. The van der Waals surface area contributed by atoms with Gasteiger partial charge in [0, 0.05) is 0 Å². The number of nitrogens with zero attached hydrogens (tertiary/aromatic N) is 3. The van der Waals surface area contributed by atoms with Crippen LogP contribution in [0.25, 0.3) is 0 Å². The quantitative estimate of drug-likeness (QED) is 0.276. The molecule has 236 valence electrons. The van der Waals surface area contributed by atoms with Crippen molar-refractivity contribution in [2.45, 2.75) is 49.2 Å². The number of imide groups is 1. The summed E-state index contributed by atoms with van der Waals surface area (Å²) in [5.74, 6) is -3.66. The fraction of sp³-hybridized carbons (Fsp3) is 0.467. The van der Waals surface area contributed by atoms with Crippen LogP contribution in [0, 0.1) is 11.7 Å². The molecule has 44 heavy (non-hydrogen) atoms. The van der Waals surface area contributed by atoms with Crippen LogP contribution in [0.3, 0.4) is 0 Å². The second-order valence-electron chi connectivity index (χ2n) is 11.7. The molecule has 1 spiro atoms. The summed E-state index contributed by atoms with van der Waals surface area (Å²) in [5, 5.41) is 2.41. The number of piperidine rings is 1. The summed E-state index contributed by atoms with van der Waals surface area (Å²) in [7, 11) is 1.43. The molecule has 2 aromatic carbocycles. The predicted octanol–water partition coefficient (Wildman–Crippen LogP) is 2.94. The molecule has 0 radical (unpaired) electrons. The number of nitrogens with one attached hydrogen (secondary N) is 1. The first-order valence-electron chi connectivity index (χ1n) is 14.3. The van der Waals surface area contributed by atoms with Gasteiger partial charge in [0.25, 0.3) is 5.91 Å². The van der Waals surface area contributed by atoms with E-state index in [0.717, 1.165) is 18.1 Å². The Morgan fingerprint density at radius 3 is 2.23 bits per heavy atom. The summed E-state index contributed by atoms with van der Waals surface area (Å²) in [4.78, 5) is 57.3. The Hall–Kier alpha value is -3.44. The van der Waals surface area contributed by atoms with Crippen LogP contribution in [-0.4, -0.2) is 94.2 Å². The van der Waals surface area contributed by atoms with E-state index in [1.54, 1.807) is 13.8 Å². The Morgan fingerprint density at radius 1 is 1.05 bits per heavy atom. The van der Waals surface area contributed by atoms with Gasteiger partial charge in [-0.2, -0.15) is 13.2 Å². The Bertz CT molecular complexity index is 1460. The standard InChI is InChI=1S/C30H33AsF4N4O5/c1-17(2)24(36-25(40)22-14-18(30(33,34)35)4-9-23(22)32)26(41)38-12-10-29(11-13-38)27(42)37(3)28(43)39(29)21-7-5-19(6-8-21)31-20-15-44-16-20/h4-9,14,17,20,24,31H,10-13,15-16H2,1-3H3,(H,36,40)/t24-/m1/s1. The van der Waals surface area contributed by atoms with Crippen LogP contribution >= 0.6 is 0 Å². The number of halogens is 4. The van der Waals surface area contributed by atoms with Gasteiger partial charge in [-0.25, -0.2) is 4.39 Å². The first-order chi connectivity index (χ1) is 20.7. The van der Waals surface area contributed by atoms with Gasteiger partial charge in [0.05, 0.1) is 11.1 Å². The number of carbonyl (C=O) groups is 4. The van der Waals surface area contributed by atoms with Gasteiger partial charge in [-0.05, 0) is 18.2 Å². The molecule has 5 amide bonds. The average Bonchev–Trinajstić information content (AvgIpc) is 3.13. The van der Waals surface area contributed by atoms with Gasteiger partial charge in [0.2, 0.25) is 0 Å². The molecule has 2 aromatic rings. The van der Waals surface area contributed by atoms with Crippen molar-refractivity contribution in [1.82, 2.24) is 15.1 Å². The summed E-state index contributed by atoms with van der Waals surface area (Å²) in [6.45, 7) is 5.02. The van der Waals surface area contributed by atoms with Gasteiger partial charge in [0.1, 0.15) is 5.82 Å². The van der Waals surface area contributed by atoms with Crippen molar-refractivity contribution in [3.8, 4) is 0 Å². The molecular formula is C30H33AsF4N4O5. The van der Waals surface area contributed by atoms with E-state index < -0.39 is 58.5 Å². The molecule has 1 N–H and O–H groups in total. The first kappa shape index (κ1) is 32.0. The molecular weight excluding hydrogens is 647 g/mol. The van der Waals surface area contributed by atoms with Gasteiger partial charge < -0.3 is 0 Å². The number of benzene rings is 2. The third-order valence-electron chi connectivity index (χ3n) is 8.40. The molecule has 2 atom stereocenters. The number of amides is 5. The zero-order chi connectivity index (χ0) is 32.0. The fourth-order valence-electron chi connectivity index (χ4n) is 5.79. The molecule has 3 heterocycles. The number of likely N-dealkylation sites (N-methyl/N-ethyl adjacent to an activating group) is 1. The molecule has 0 saturated carbocycles. The summed E-state index contributed by atoms with van der Waals surface area (Å²) in [6, 6.07) is 7.56. The van der Waals surface area contributed by atoms with E-state index in [1.165, 1.54) is 21.2 Å². The molecule has 14 heteroatoms. The number of urea groups is 1. The average molecular weight is 681 g/mol. The molecule has 1 unspecified atom stereocenters. The molecule has 3 aliphatic heterocycles. The number of alkyl halides is 3. The number of likely N-dealkylation sites (tertiary alicyclic amines) is 1. The summed E-state index contributed by atoms with van der Waals surface area (Å²) < 4.78 is 60.9. The van der Waals surface area contributed by atoms with Gasteiger partial charge >= 0.3 is 182 Å². The van der Waals surface area contributed by atoms with Crippen molar-refractivity contribution in [2.75, 3.05) is 38.3 Å². The Labute approximate surface area is 258 Å². The predicted molar refractivity (Wildman–Crippen MR) is 154 cm³/mol. The zero-order valence-corrected chi connectivity index (χ0v) is 26.5. The third kappa shape index (κ3) is 5.96. The van der Waals surface area contributed by atoms with E-state index in [2.05, 4.69) is 5.32 Å². The van der Waals surface area contributed by atoms with Crippen molar-refractivity contribution >= 4 is 49.5 Å². The van der Waals surface area contributed by atoms with E-state index >= 15 is 0 Å². The Kier molecular flexibility index (Phi) is 8.83. The van der Waals surface area contributed by atoms with Gasteiger partial charge in [-0.15, -0.1) is 0 Å². The second kappa shape index (κ2) is 12.2. The maximum absolute atomic E-state index is 14.4. The molecule has 3 saturated heterocycles. The normalized spacial score (nSPS) is 19.8. The number of ether oxygens (including phenoxy) is 1. The van der Waals surface area contributed by atoms with E-state index in [4.69, 9.17) is 4.74 Å². The summed E-state index contributed by atoms with van der Waals surface area (Å²) >= 11 is -0.384. The SMILES string of the molecule is CC(C)[C@@H](NC(=O)c1cc(C(F)(F)F)ccc1F)C(=O)N1CCC2(CC1)C(=O)N(C)C(=O)N2c1ccc([AsH]C2COC2)cc1. The molecule has 0 aromatic heterocycles. The zero-order valence-electron chi connectivity index (χ0n) is 24.4. The number of hydrogen-bond acceptors (Lipinski definition) is 5. The van der Waals surface area contributed by atoms with Crippen molar-refractivity contribution < 1.29 is 41.5 Å². The van der Waals surface area contributed by atoms with E-state index in [-0.39, 0.29) is 47.6 Å². The van der Waals surface area contributed by atoms with Crippen molar-refractivity contribution in [2.24, 2.45) is 5.92 Å². The van der Waals surface area contributed by atoms with Gasteiger partial charge in [-0.3, -0.25) is 4.79 Å². The minimum absolute atomic E-state index is 0.0885. The topological polar surface area (TPSA) is 99.3 Å². The minimum atomic E-state index is -4.78. The van der Waals surface area contributed by atoms with E-state index in [9.17, 15) is 36.7 Å². The van der Waals surface area contributed by atoms with Crippen LogP contribution < -0.4 is 14.6 Å². The van der Waals surface area contributed by atoms with Crippen LogP contribution in [0.1, 0.15) is 42.6 Å². The van der Waals surface area contributed by atoms with Crippen LogP contribution in [0.5, 0.6) is 0 Å². The van der Waals surface area contributed by atoms with Crippen LogP contribution in [0.15, 0.2) is 42.5 Å². The summed E-state index contributed by atoms with van der Waals surface area (Å²) in [6.07, 6.45) is -4.50. The van der Waals surface area contributed by atoms with Crippen molar-refractivity contribution in [3.05, 3.63) is 59.4 Å². The van der Waals surface area contributed by atoms with E-state index in [0.29, 0.717) is 28.6 Å². The van der Waals surface area contributed by atoms with Crippen LogP contribution in [0.2, 0.25) is 4.71 Å². The Balaban J connectivity index is 1.31. The number of anilines is 1. The molecule has 9 nitrogen and oxygen atoms in total. The monoisotopic (exact) mass is 680 g/mol. The molecule has 0 bridgehead atoms. The van der Waals surface area contributed by atoms with Crippen molar-refractivity contribution in [3.63, 3.8) is 0 Å². The number of hydrogen-bond donors (Lipinski definition) is 1.